The molecule has 0 amide bonds. The number of benzene rings is 1. The molecule has 0 aliphatic rings. The minimum atomic E-state index is -3.88. The molecule has 1 rings (SSSR count). The van der Waals surface area contributed by atoms with Crippen LogP contribution in [0.25, 0.3) is 0 Å². The Bertz CT molecular complexity index is 505. The summed E-state index contributed by atoms with van der Waals surface area (Å²) >= 11 is 5.69. The van der Waals surface area contributed by atoms with Crippen LogP contribution in [0.3, 0.4) is 0 Å². The topological polar surface area (TPSA) is 60.4 Å². The highest BCUT2D eigenvalue weighted by atomic mass is 35.5. The van der Waals surface area contributed by atoms with Crippen molar-refractivity contribution < 1.29 is 17.4 Å². The summed E-state index contributed by atoms with van der Waals surface area (Å²) in [6.07, 6.45) is 0.0832. The van der Waals surface area contributed by atoms with Crippen LogP contribution < -0.4 is 0 Å². The molecule has 1 aromatic carbocycles. The van der Waals surface area contributed by atoms with Crippen molar-refractivity contribution in [2.24, 2.45) is 5.92 Å². The lowest BCUT2D eigenvalue weighted by Crippen LogP contribution is -2.16. The molecule has 0 unspecified atom stereocenters. The van der Waals surface area contributed by atoms with Gasteiger partial charge >= 0.3 is 16.1 Å². The van der Waals surface area contributed by atoms with E-state index in [0.717, 1.165) is 0 Å². The fourth-order valence-corrected chi connectivity index (χ4v) is 2.46. The van der Waals surface area contributed by atoms with E-state index in [1.807, 2.05) is 13.8 Å². The van der Waals surface area contributed by atoms with Crippen LogP contribution in [-0.4, -0.2) is 14.4 Å². The molecule has 0 aliphatic carbocycles. The van der Waals surface area contributed by atoms with Crippen molar-refractivity contribution in [3.8, 4) is 0 Å². The van der Waals surface area contributed by atoms with Crippen LogP contribution in [0, 0.1) is 5.92 Å². The van der Waals surface area contributed by atoms with Gasteiger partial charge in [0.05, 0.1) is 0 Å². The average Bonchev–Trinajstić information content (AvgIpc) is 2.18. The summed E-state index contributed by atoms with van der Waals surface area (Å²) in [6, 6.07) is 6.33. The van der Waals surface area contributed by atoms with Gasteiger partial charge in [-0.15, -0.1) is 0 Å². The monoisotopic (exact) mass is 290 g/mol. The van der Waals surface area contributed by atoms with Crippen molar-refractivity contribution >= 4 is 27.7 Å². The zero-order valence-corrected chi connectivity index (χ0v) is 11.8. The van der Waals surface area contributed by atoms with E-state index in [0.29, 0.717) is 10.6 Å². The second kappa shape index (κ2) is 6.20. The maximum absolute atomic E-state index is 11.6. The van der Waals surface area contributed by atoms with Gasteiger partial charge in [-0.3, -0.25) is 4.79 Å². The van der Waals surface area contributed by atoms with Gasteiger partial charge in [-0.25, -0.2) is 0 Å². The molecule has 1 aromatic rings. The summed E-state index contributed by atoms with van der Waals surface area (Å²) in [5, 5.41) is 0.521. The van der Waals surface area contributed by atoms with Crippen LogP contribution in [0.5, 0.6) is 0 Å². The van der Waals surface area contributed by atoms with E-state index in [2.05, 4.69) is 4.18 Å². The van der Waals surface area contributed by atoms with Gasteiger partial charge in [0.15, 0.2) is 0 Å². The maximum atomic E-state index is 11.6. The van der Waals surface area contributed by atoms with Crippen molar-refractivity contribution in [3.63, 3.8) is 0 Å². The van der Waals surface area contributed by atoms with E-state index >= 15 is 0 Å². The van der Waals surface area contributed by atoms with Crippen LogP contribution in [0.2, 0.25) is 5.02 Å². The van der Waals surface area contributed by atoms with Gasteiger partial charge in [-0.1, -0.05) is 37.6 Å². The van der Waals surface area contributed by atoms with Crippen LogP contribution in [-0.2, 0) is 24.8 Å². The molecule has 0 fully saturated rings. The lowest BCUT2D eigenvalue weighted by atomic mass is 10.1. The highest BCUT2D eigenvalue weighted by Gasteiger charge is 2.18. The highest BCUT2D eigenvalue weighted by molar-refractivity contribution is 7.86. The quantitative estimate of drug-likeness (QED) is 0.782. The minimum Gasteiger partial charge on any atom is -0.345 e. The molecule has 0 heterocycles. The molecular weight excluding hydrogens is 276 g/mol. The Morgan fingerprint density at radius 2 is 1.83 bits per heavy atom. The van der Waals surface area contributed by atoms with Gasteiger partial charge in [0, 0.05) is 11.4 Å². The summed E-state index contributed by atoms with van der Waals surface area (Å²) in [7, 11) is -3.88. The van der Waals surface area contributed by atoms with Crippen molar-refractivity contribution in [2.75, 3.05) is 0 Å². The molecule has 0 aromatic heterocycles. The van der Waals surface area contributed by atoms with Gasteiger partial charge in [-0.05, 0) is 23.6 Å². The molecule has 18 heavy (non-hydrogen) atoms. The molecule has 0 saturated carbocycles. The van der Waals surface area contributed by atoms with Gasteiger partial charge in [0.1, 0.15) is 5.75 Å². The van der Waals surface area contributed by atoms with Crippen molar-refractivity contribution in [2.45, 2.75) is 26.0 Å². The number of carbonyl (C=O) groups excluding carboxylic acids is 1. The standard InChI is InChI=1S/C12H15ClO4S/c1-9(2)7-12(14)17-18(15,16)8-10-3-5-11(13)6-4-10/h3-6,9H,7-8H2,1-2H3. The van der Waals surface area contributed by atoms with Gasteiger partial charge in [0.25, 0.3) is 0 Å². The molecule has 100 valence electrons. The molecule has 0 atom stereocenters. The highest BCUT2D eigenvalue weighted by Crippen LogP contribution is 2.14. The lowest BCUT2D eigenvalue weighted by Gasteiger charge is -2.07. The van der Waals surface area contributed by atoms with E-state index < -0.39 is 16.1 Å². The van der Waals surface area contributed by atoms with Gasteiger partial charge in [0.2, 0.25) is 0 Å². The Labute approximate surface area is 112 Å². The van der Waals surface area contributed by atoms with E-state index in [4.69, 9.17) is 11.6 Å². The molecule has 0 aliphatic heterocycles. The fraction of sp³-hybridized carbons (Fsp3) is 0.417. The van der Waals surface area contributed by atoms with E-state index in [9.17, 15) is 13.2 Å². The summed E-state index contributed by atoms with van der Waals surface area (Å²) in [6.45, 7) is 3.63. The minimum absolute atomic E-state index is 0.0585. The first-order valence-corrected chi connectivity index (χ1v) is 7.43. The molecule has 0 N–H and O–H groups in total. The second-order valence-electron chi connectivity index (χ2n) is 4.38. The van der Waals surface area contributed by atoms with Gasteiger partial charge < -0.3 is 4.18 Å². The Morgan fingerprint density at radius 3 is 2.33 bits per heavy atom. The zero-order valence-electron chi connectivity index (χ0n) is 10.2. The maximum Gasteiger partial charge on any atom is 0.322 e. The summed E-state index contributed by atoms with van der Waals surface area (Å²) in [4.78, 5) is 11.3. The smallest absolute Gasteiger partial charge is 0.322 e. The molecule has 0 spiro atoms. The summed E-state index contributed by atoms with van der Waals surface area (Å²) in [5.41, 5.74) is 0.525. The number of rotatable bonds is 5. The average molecular weight is 291 g/mol. The van der Waals surface area contributed by atoms with E-state index in [-0.39, 0.29) is 18.1 Å². The number of carbonyl (C=O) groups is 1. The van der Waals surface area contributed by atoms with Crippen molar-refractivity contribution in [1.29, 1.82) is 0 Å². The third-order valence-electron chi connectivity index (χ3n) is 2.05. The zero-order chi connectivity index (χ0) is 13.8. The Morgan fingerprint density at radius 1 is 1.28 bits per heavy atom. The van der Waals surface area contributed by atoms with Crippen molar-refractivity contribution in [1.82, 2.24) is 0 Å². The number of hydrogen-bond acceptors (Lipinski definition) is 4. The van der Waals surface area contributed by atoms with Crippen LogP contribution in [0.4, 0.5) is 0 Å². The molecular formula is C12H15ClO4S. The van der Waals surface area contributed by atoms with Crippen LogP contribution >= 0.6 is 11.6 Å². The Balaban J connectivity index is 2.65. The predicted molar refractivity (Wildman–Crippen MR) is 69.6 cm³/mol. The SMILES string of the molecule is CC(C)CC(=O)OS(=O)(=O)Cc1ccc(Cl)cc1. The molecule has 0 radical (unpaired) electrons. The third kappa shape index (κ3) is 5.51. The van der Waals surface area contributed by atoms with Crippen LogP contribution in [0.15, 0.2) is 24.3 Å². The second-order valence-corrected chi connectivity index (χ2v) is 6.39. The molecule has 6 heteroatoms. The Hall–Kier alpha value is -1.07. The first kappa shape index (κ1) is 15.0. The lowest BCUT2D eigenvalue weighted by molar-refractivity contribution is -0.134. The third-order valence-corrected chi connectivity index (χ3v) is 3.43. The molecule has 0 saturated heterocycles. The van der Waals surface area contributed by atoms with Crippen molar-refractivity contribution in [3.05, 3.63) is 34.9 Å². The fourth-order valence-electron chi connectivity index (χ4n) is 1.32. The van der Waals surface area contributed by atoms with E-state index in [1.54, 1.807) is 24.3 Å². The van der Waals surface area contributed by atoms with Gasteiger partial charge in [-0.2, -0.15) is 8.42 Å². The van der Waals surface area contributed by atoms with Crippen LogP contribution in [0.1, 0.15) is 25.8 Å². The number of halogens is 1. The summed E-state index contributed by atoms with van der Waals surface area (Å²) in [5.74, 6) is -1.00. The largest absolute Gasteiger partial charge is 0.345 e. The first-order valence-electron chi connectivity index (χ1n) is 5.48. The molecule has 4 nitrogen and oxygen atoms in total. The predicted octanol–water partition coefficient (Wildman–Crippen LogP) is 2.76. The summed E-state index contributed by atoms with van der Waals surface area (Å²) < 4.78 is 27.7. The Kier molecular flexibility index (Phi) is 5.16. The molecule has 0 bridgehead atoms. The number of hydrogen-bond donors (Lipinski definition) is 0. The normalized spacial score (nSPS) is 11.6. The first-order chi connectivity index (χ1) is 8.28. The van der Waals surface area contributed by atoms with E-state index in [1.165, 1.54) is 0 Å².